The third-order valence-electron chi connectivity index (χ3n) is 4.37. The van der Waals surface area contributed by atoms with Crippen LogP contribution in [0.4, 0.5) is 0 Å². The number of halogens is 4. The van der Waals surface area contributed by atoms with E-state index in [2.05, 4.69) is 78.4 Å². The Labute approximate surface area is 244 Å². The molecule has 0 amide bonds. The van der Waals surface area contributed by atoms with Gasteiger partial charge in [-0.1, -0.05) is 73.4 Å². The van der Waals surface area contributed by atoms with Gasteiger partial charge in [-0.2, -0.15) is 0 Å². The molecule has 2 N–H and O–H groups in total. The molecule has 0 aliphatic rings. The van der Waals surface area contributed by atoms with Gasteiger partial charge in [-0.25, -0.2) is 0 Å². The molecular weight excluding hydrogens is 637 g/mol. The summed E-state index contributed by atoms with van der Waals surface area (Å²) >= 11 is 8.73. The summed E-state index contributed by atoms with van der Waals surface area (Å²) in [6.45, 7) is 12.5. The Morgan fingerprint density at radius 1 is 0.735 bits per heavy atom. The number of benzene rings is 2. The molecule has 34 heavy (non-hydrogen) atoms. The van der Waals surface area contributed by atoms with Crippen molar-refractivity contribution in [2.75, 3.05) is 0 Å². The molecule has 3 rings (SSSR count). The van der Waals surface area contributed by atoms with Gasteiger partial charge in [-0.15, -0.1) is 0 Å². The van der Waals surface area contributed by atoms with E-state index in [1.807, 2.05) is 66.8 Å². The van der Waals surface area contributed by atoms with E-state index in [0.717, 1.165) is 25.8 Å². The molecule has 0 atom stereocenters. The average Bonchev–Trinajstić information content (AvgIpc) is 2.71. The number of aromatic hydroxyl groups is 2. The standard InChI is InChI=1S/2C10H13BrO.C6H5N.2ClH.Ti/c2*1-10(2,3)8-6-7(11)4-5-9(8)12;1-6-4-2-3-5-7-6;;;/h2*4-6,12H,1-3H3;1-5H;2*1H;/p-2. The number of phenols is 2. The summed E-state index contributed by atoms with van der Waals surface area (Å²) in [6.07, 6.45) is 1.79. The second-order valence-corrected chi connectivity index (χ2v) is 11.5. The zero-order valence-corrected chi connectivity index (χ0v) is 26.4. The van der Waals surface area contributed by atoms with E-state index < -0.39 is 0 Å². The molecule has 3 nitrogen and oxygen atoms in total. The molecule has 0 spiro atoms. The SMILES string of the molecule is CC(C)(C)c1cc(Br)ccc1O.CC(C)(C)c1cc(Br)ccc1O.[Cl-].[Cl-].[Ti]=[CH]c1ccccn1. The molecule has 8 heteroatoms. The van der Waals surface area contributed by atoms with Gasteiger partial charge in [0.15, 0.2) is 0 Å². The number of phenolic OH excluding ortho intramolecular Hbond substituents is 2. The first-order chi connectivity index (χ1) is 14.8. The first-order valence-corrected chi connectivity index (χ1v) is 12.6. The fourth-order valence-corrected chi connectivity index (χ4v) is 3.67. The number of hydrogen-bond donors (Lipinski definition) is 2. The van der Waals surface area contributed by atoms with Gasteiger partial charge in [0.25, 0.3) is 0 Å². The van der Waals surface area contributed by atoms with Gasteiger partial charge >= 0.3 is 59.4 Å². The van der Waals surface area contributed by atoms with Gasteiger partial charge in [-0.3, -0.25) is 0 Å². The monoisotopic (exact) mass is 665 g/mol. The van der Waals surface area contributed by atoms with E-state index in [4.69, 9.17) is 0 Å². The maximum absolute atomic E-state index is 9.55. The number of rotatable bonds is 1. The van der Waals surface area contributed by atoms with Crippen LogP contribution in [-0.2, 0) is 30.8 Å². The van der Waals surface area contributed by atoms with Crippen molar-refractivity contribution in [2.45, 2.75) is 52.4 Å². The molecule has 0 unspecified atom stereocenters. The molecule has 0 saturated heterocycles. The first kappa shape index (κ1) is 35.5. The molecule has 0 aliphatic heterocycles. The third kappa shape index (κ3) is 12.9. The van der Waals surface area contributed by atoms with Gasteiger partial charge in [0, 0.05) is 20.1 Å². The van der Waals surface area contributed by atoms with Crippen LogP contribution in [0.3, 0.4) is 0 Å². The average molecular weight is 668 g/mol. The molecule has 0 radical (unpaired) electrons. The quantitative estimate of drug-likeness (QED) is 0.389. The van der Waals surface area contributed by atoms with E-state index in [0.29, 0.717) is 11.5 Å². The van der Waals surface area contributed by atoms with Crippen molar-refractivity contribution in [3.8, 4) is 11.5 Å². The van der Waals surface area contributed by atoms with Gasteiger partial charge < -0.3 is 35.0 Å². The van der Waals surface area contributed by atoms with Crippen LogP contribution < -0.4 is 24.8 Å². The zero-order valence-electron chi connectivity index (χ0n) is 20.2. The molecule has 186 valence electrons. The van der Waals surface area contributed by atoms with Crippen LogP contribution in [0.2, 0.25) is 0 Å². The summed E-state index contributed by atoms with van der Waals surface area (Å²) in [5.74, 6) is 0.733. The Kier molecular flexibility index (Phi) is 16.8. The summed E-state index contributed by atoms with van der Waals surface area (Å²) in [7, 11) is 0. The summed E-state index contributed by atoms with van der Waals surface area (Å²) in [5, 5.41) is 19.1. The molecule has 0 aliphatic carbocycles. The Morgan fingerprint density at radius 3 is 1.38 bits per heavy atom. The van der Waals surface area contributed by atoms with Crippen molar-refractivity contribution < 1.29 is 55.0 Å². The summed E-state index contributed by atoms with van der Waals surface area (Å²) < 4.78 is 3.98. The molecule has 1 aromatic heterocycles. The predicted octanol–water partition coefficient (Wildman–Crippen LogP) is 1.69. The van der Waals surface area contributed by atoms with Crippen molar-refractivity contribution in [1.82, 2.24) is 4.98 Å². The molecule has 3 aromatic rings. The summed E-state index contributed by atoms with van der Waals surface area (Å²) in [6, 6.07) is 16.9. The minimum absolute atomic E-state index is 0. The van der Waals surface area contributed by atoms with Crippen molar-refractivity contribution in [3.05, 3.63) is 86.6 Å². The zero-order chi connectivity index (χ0) is 24.5. The van der Waals surface area contributed by atoms with Crippen molar-refractivity contribution in [3.63, 3.8) is 0 Å². The first-order valence-electron chi connectivity index (χ1n) is 10.1. The van der Waals surface area contributed by atoms with E-state index in [9.17, 15) is 10.2 Å². The fraction of sp³-hybridized carbons (Fsp3) is 0.308. The topological polar surface area (TPSA) is 53.4 Å². The van der Waals surface area contributed by atoms with Crippen LogP contribution in [0.5, 0.6) is 11.5 Å². The number of hydrogen-bond acceptors (Lipinski definition) is 3. The molecule has 0 fully saturated rings. The summed E-state index contributed by atoms with van der Waals surface area (Å²) in [4.78, 5) is 4.04. The van der Waals surface area contributed by atoms with Crippen LogP contribution in [0.25, 0.3) is 0 Å². The fourth-order valence-electron chi connectivity index (χ4n) is 2.68. The van der Waals surface area contributed by atoms with E-state index in [1.54, 1.807) is 18.3 Å². The van der Waals surface area contributed by atoms with Gasteiger partial charge in [0.1, 0.15) is 11.5 Å². The number of aromatic nitrogens is 1. The van der Waals surface area contributed by atoms with Crippen molar-refractivity contribution in [2.24, 2.45) is 0 Å². The summed E-state index contributed by atoms with van der Waals surface area (Å²) in [5.41, 5.74) is 2.96. The normalized spacial score (nSPS) is 10.2. The van der Waals surface area contributed by atoms with Crippen LogP contribution in [-0.4, -0.2) is 19.5 Å². The van der Waals surface area contributed by atoms with Crippen molar-refractivity contribution >= 4 is 36.2 Å². The van der Waals surface area contributed by atoms with Gasteiger partial charge in [0.05, 0.1) is 0 Å². The second-order valence-electron chi connectivity index (χ2n) is 9.22. The molecule has 0 saturated carbocycles. The van der Waals surface area contributed by atoms with E-state index >= 15 is 0 Å². The molecule has 1 heterocycles. The predicted molar refractivity (Wildman–Crippen MR) is 138 cm³/mol. The maximum atomic E-state index is 9.55. The Bertz CT molecular complexity index is 960. The van der Waals surface area contributed by atoms with Gasteiger partial charge in [0.2, 0.25) is 0 Å². The Balaban J connectivity index is 0. The van der Waals surface area contributed by atoms with Crippen LogP contribution in [0.1, 0.15) is 58.4 Å². The van der Waals surface area contributed by atoms with Crippen LogP contribution >= 0.6 is 31.9 Å². The van der Waals surface area contributed by atoms with Crippen LogP contribution in [0, 0.1) is 0 Å². The van der Waals surface area contributed by atoms with Crippen molar-refractivity contribution in [1.29, 1.82) is 0 Å². The van der Waals surface area contributed by atoms with Gasteiger partial charge in [-0.05, 0) is 47.2 Å². The number of pyridine rings is 1. The van der Waals surface area contributed by atoms with Crippen LogP contribution in [0.15, 0.2) is 69.7 Å². The van der Waals surface area contributed by atoms with E-state index in [1.165, 1.54) is 0 Å². The molecule has 0 bridgehead atoms. The minimum atomic E-state index is -0.00609. The molecular formula is C26H31Br2Cl2NO2Ti-2. The third-order valence-corrected chi connectivity index (χ3v) is 5.82. The van der Waals surface area contributed by atoms with E-state index in [-0.39, 0.29) is 35.6 Å². The second kappa shape index (κ2) is 16.1. The molecule has 2 aromatic carbocycles. The number of nitrogens with zero attached hydrogens (tertiary/aromatic N) is 1. The Hall–Kier alpha value is -0.686. The Morgan fingerprint density at radius 2 is 1.15 bits per heavy atom.